The molecule has 0 aliphatic heterocycles. The molecular formula is C40H31N. The summed E-state index contributed by atoms with van der Waals surface area (Å²) >= 11 is 0. The summed E-state index contributed by atoms with van der Waals surface area (Å²) in [6.07, 6.45) is 11.3. The van der Waals surface area contributed by atoms with Gasteiger partial charge in [0, 0.05) is 17.6 Å². The van der Waals surface area contributed by atoms with Crippen molar-refractivity contribution in [2.24, 2.45) is 5.92 Å². The maximum absolute atomic E-state index is 3.92. The van der Waals surface area contributed by atoms with Crippen LogP contribution in [-0.4, -0.2) is 6.04 Å². The molecule has 6 aromatic rings. The fraction of sp³-hybridized carbons (Fsp3) is 0.100. The van der Waals surface area contributed by atoms with E-state index in [4.69, 9.17) is 0 Å². The van der Waals surface area contributed by atoms with Gasteiger partial charge in [-0.25, -0.2) is 0 Å². The molecule has 2 aliphatic carbocycles. The Morgan fingerprint density at radius 3 is 1.80 bits per heavy atom. The number of nitrogens with one attached hydrogen (secondary N) is 1. The number of benzene rings is 6. The summed E-state index contributed by atoms with van der Waals surface area (Å²) in [5.41, 5.74) is 8.00. The van der Waals surface area contributed by atoms with E-state index in [1.165, 1.54) is 65.8 Å². The third-order valence-corrected chi connectivity index (χ3v) is 8.92. The van der Waals surface area contributed by atoms with Crippen LogP contribution in [0.4, 0.5) is 5.69 Å². The first-order chi connectivity index (χ1) is 20.3. The summed E-state index contributed by atoms with van der Waals surface area (Å²) in [7, 11) is 0. The maximum atomic E-state index is 3.92. The zero-order chi connectivity index (χ0) is 27.2. The second-order valence-electron chi connectivity index (χ2n) is 11.4. The molecule has 0 saturated carbocycles. The summed E-state index contributed by atoms with van der Waals surface area (Å²) in [6.45, 7) is 0. The lowest BCUT2D eigenvalue weighted by atomic mass is 9.75. The summed E-state index contributed by atoms with van der Waals surface area (Å²) in [4.78, 5) is 0. The van der Waals surface area contributed by atoms with E-state index >= 15 is 0 Å². The number of rotatable bonds is 4. The van der Waals surface area contributed by atoms with E-state index in [2.05, 4.69) is 151 Å². The van der Waals surface area contributed by atoms with E-state index in [9.17, 15) is 0 Å². The molecule has 2 unspecified atom stereocenters. The largest absolute Gasteiger partial charge is 0.381 e. The third-order valence-electron chi connectivity index (χ3n) is 8.92. The lowest BCUT2D eigenvalue weighted by Gasteiger charge is -2.35. The van der Waals surface area contributed by atoms with Gasteiger partial charge in [-0.2, -0.15) is 0 Å². The van der Waals surface area contributed by atoms with Gasteiger partial charge in [0.05, 0.1) is 0 Å². The minimum Gasteiger partial charge on any atom is -0.381 e. The molecule has 1 N–H and O–H groups in total. The molecule has 0 bridgehead atoms. The van der Waals surface area contributed by atoms with Crippen LogP contribution >= 0.6 is 0 Å². The van der Waals surface area contributed by atoms with Crippen LogP contribution in [0.5, 0.6) is 0 Å². The van der Waals surface area contributed by atoms with Gasteiger partial charge in [0.15, 0.2) is 0 Å². The number of anilines is 1. The Labute approximate surface area is 241 Å². The third kappa shape index (κ3) is 4.44. The topological polar surface area (TPSA) is 12.0 Å². The van der Waals surface area contributed by atoms with E-state index in [1.54, 1.807) is 0 Å². The van der Waals surface area contributed by atoms with Crippen LogP contribution < -0.4 is 5.32 Å². The van der Waals surface area contributed by atoms with Crippen molar-refractivity contribution in [3.8, 4) is 11.1 Å². The first kappa shape index (κ1) is 24.0. The Balaban J connectivity index is 1.07. The van der Waals surface area contributed by atoms with Crippen molar-refractivity contribution in [2.45, 2.75) is 18.9 Å². The molecule has 0 aromatic heterocycles. The average molecular weight is 526 g/mol. The fourth-order valence-corrected chi connectivity index (χ4v) is 6.78. The van der Waals surface area contributed by atoms with Gasteiger partial charge in [0.2, 0.25) is 0 Å². The summed E-state index contributed by atoms with van der Waals surface area (Å²) < 4.78 is 0. The minimum absolute atomic E-state index is 0.362. The van der Waals surface area contributed by atoms with Gasteiger partial charge in [0.25, 0.3) is 0 Å². The number of allylic oxidation sites excluding steroid dienone is 4. The van der Waals surface area contributed by atoms with E-state index in [0.717, 1.165) is 12.8 Å². The van der Waals surface area contributed by atoms with Gasteiger partial charge < -0.3 is 5.32 Å². The van der Waals surface area contributed by atoms with Crippen LogP contribution in [0.2, 0.25) is 0 Å². The number of hydrogen-bond acceptors (Lipinski definition) is 1. The zero-order valence-corrected chi connectivity index (χ0v) is 22.9. The quantitative estimate of drug-likeness (QED) is 0.241. The molecule has 0 amide bonds. The smallest absolute Gasteiger partial charge is 0.0367 e. The Morgan fingerprint density at radius 2 is 1.07 bits per heavy atom. The van der Waals surface area contributed by atoms with Crippen LogP contribution in [-0.2, 0) is 0 Å². The van der Waals surface area contributed by atoms with Gasteiger partial charge >= 0.3 is 0 Å². The monoisotopic (exact) mass is 525 g/mol. The van der Waals surface area contributed by atoms with Gasteiger partial charge in [0.1, 0.15) is 0 Å². The van der Waals surface area contributed by atoms with Crippen molar-refractivity contribution in [1.82, 2.24) is 0 Å². The normalized spacial score (nSPS) is 18.2. The lowest BCUT2D eigenvalue weighted by molar-refractivity contribution is 0.546. The van der Waals surface area contributed by atoms with Crippen molar-refractivity contribution in [1.29, 1.82) is 0 Å². The molecule has 41 heavy (non-hydrogen) atoms. The van der Waals surface area contributed by atoms with E-state index < -0.39 is 0 Å². The van der Waals surface area contributed by atoms with Crippen molar-refractivity contribution < 1.29 is 0 Å². The molecule has 1 heteroatoms. The van der Waals surface area contributed by atoms with Gasteiger partial charge in [-0.3, -0.25) is 0 Å². The zero-order valence-electron chi connectivity index (χ0n) is 22.9. The summed E-state index contributed by atoms with van der Waals surface area (Å²) in [5, 5.41) is 11.6. The van der Waals surface area contributed by atoms with Crippen LogP contribution in [0.3, 0.4) is 0 Å². The molecular weight excluding hydrogens is 494 g/mol. The molecule has 8 rings (SSSR count). The molecule has 0 fully saturated rings. The first-order valence-electron chi connectivity index (χ1n) is 14.7. The molecule has 0 heterocycles. The SMILES string of the molecule is C1=CC2=C(c3ccc4ccccc4c3)CCC(Nc3ccc4cc(-c5ccc6ccccc6c5)ccc4c3)C2C=C1. The van der Waals surface area contributed by atoms with Crippen LogP contribution in [0, 0.1) is 5.92 Å². The lowest BCUT2D eigenvalue weighted by Crippen LogP contribution is -2.33. The number of fused-ring (bicyclic) bond motifs is 4. The van der Waals surface area contributed by atoms with Gasteiger partial charge in [-0.15, -0.1) is 0 Å². The predicted molar refractivity (Wildman–Crippen MR) is 176 cm³/mol. The summed E-state index contributed by atoms with van der Waals surface area (Å²) in [6, 6.07) is 44.9. The number of hydrogen-bond donors (Lipinski definition) is 1. The molecule has 2 aliphatic rings. The average Bonchev–Trinajstić information content (AvgIpc) is 3.04. The molecule has 6 aromatic carbocycles. The minimum atomic E-state index is 0.362. The van der Waals surface area contributed by atoms with Crippen molar-refractivity contribution in [3.63, 3.8) is 0 Å². The molecule has 1 nitrogen and oxygen atoms in total. The van der Waals surface area contributed by atoms with Crippen LogP contribution in [0.1, 0.15) is 18.4 Å². The first-order valence-corrected chi connectivity index (χ1v) is 14.7. The second-order valence-corrected chi connectivity index (χ2v) is 11.4. The predicted octanol–water partition coefficient (Wildman–Crippen LogP) is 10.6. The molecule has 0 spiro atoms. The summed E-state index contributed by atoms with van der Waals surface area (Å²) in [5.74, 6) is 0.362. The van der Waals surface area contributed by atoms with E-state index in [1.807, 2.05) is 0 Å². The van der Waals surface area contributed by atoms with E-state index in [0.29, 0.717) is 12.0 Å². The Morgan fingerprint density at radius 1 is 0.512 bits per heavy atom. The molecule has 2 atom stereocenters. The van der Waals surface area contributed by atoms with Crippen LogP contribution in [0.25, 0.3) is 49.0 Å². The molecule has 0 saturated heterocycles. The Hall–Kier alpha value is -4.88. The van der Waals surface area contributed by atoms with Crippen molar-refractivity contribution in [2.75, 3.05) is 5.32 Å². The van der Waals surface area contributed by atoms with Crippen molar-refractivity contribution >= 4 is 43.6 Å². The highest BCUT2D eigenvalue weighted by atomic mass is 14.9. The highest BCUT2D eigenvalue weighted by molar-refractivity contribution is 5.93. The Kier molecular flexibility index (Phi) is 5.81. The standard InChI is InChI=1S/C40H31N/c1-3-9-29-23-31(15-13-27(29)7-1)32-16-17-34-26-36(20-19-33(34)24-32)41-40-22-21-37(38-11-5-6-12-39(38)40)35-18-14-28-8-2-4-10-30(28)25-35/h1-20,23-26,39-41H,21-22H2. The Bertz CT molecular complexity index is 2040. The van der Waals surface area contributed by atoms with E-state index in [-0.39, 0.29) is 0 Å². The van der Waals surface area contributed by atoms with Gasteiger partial charge in [-0.05, 0) is 103 Å². The highest BCUT2D eigenvalue weighted by Gasteiger charge is 2.30. The van der Waals surface area contributed by atoms with Gasteiger partial charge in [-0.1, -0.05) is 115 Å². The maximum Gasteiger partial charge on any atom is 0.0367 e. The highest BCUT2D eigenvalue weighted by Crippen LogP contribution is 2.41. The van der Waals surface area contributed by atoms with Crippen LogP contribution in [0.15, 0.2) is 151 Å². The molecule has 0 radical (unpaired) electrons. The fourth-order valence-electron chi connectivity index (χ4n) is 6.78. The second kappa shape index (κ2) is 9.94. The van der Waals surface area contributed by atoms with Crippen molar-refractivity contribution in [3.05, 3.63) is 157 Å². The molecule has 196 valence electrons.